The molecule has 0 bridgehead atoms. The van der Waals surface area contributed by atoms with Crippen LogP contribution >= 0.6 is 0 Å². The molecule has 0 amide bonds. The number of nitrogens with two attached hydrogens (primary N) is 1. The van der Waals surface area contributed by atoms with Crippen molar-refractivity contribution in [3.8, 4) is 0 Å². The number of nitrogens with one attached hydrogen (secondary N) is 1. The van der Waals surface area contributed by atoms with Gasteiger partial charge in [-0.1, -0.05) is 0 Å². The SMILES string of the molecule is CONc1nc(N)nc2c1ncn2COCC(O)CO. The summed E-state index contributed by atoms with van der Waals surface area (Å²) in [6, 6.07) is 0. The molecule has 0 aliphatic heterocycles. The third-order valence-electron chi connectivity index (χ3n) is 2.43. The normalized spacial score (nSPS) is 12.8. The molecule has 2 rings (SSSR count). The number of aliphatic hydroxyl groups excluding tert-OH is 2. The summed E-state index contributed by atoms with van der Waals surface area (Å²) in [6.45, 7) is -0.252. The van der Waals surface area contributed by atoms with Gasteiger partial charge in [0.05, 0.1) is 26.7 Å². The van der Waals surface area contributed by atoms with Gasteiger partial charge in [0.2, 0.25) is 5.95 Å². The molecule has 110 valence electrons. The van der Waals surface area contributed by atoms with Gasteiger partial charge < -0.3 is 20.7 Å². The molecule has 0 aliphatic rings. The summed E-state index contributed by atoms with van der Waals surface area (Å²) < 4.78 is 6.83. The Labute approximate surface area is 114 Å². The van der Waals surface area contributed by atoms with E-state index < -0.39 is 6.10 Å². The molecule has 0 aromatic carbocycles. The maximum absolute atomic E-state index is 9.19. The van der Waals surface area contributed by atoms with Crippen LogP contribution in [0.4, 0.5) is 11.8 Å². The van der Waals surface area contributed by atoms with Crippen LogP contribution in [-0.2, 0) is 16.3 Å². The molecule has 0 aliphatic carbocycles. The van der Waals surface area contributed by atoms with Crippen molar-refractivity contribution in [3.05, 3.63) is 6.33 Å². The van der Waals surface area contributed by atoms with Crippen molar-refractivity contribution in [2.45, 2.75) is 12.8 Å². The fourth-order valence-electron chi connectivity index (χ4n) is 1.56. The van der Waals surface area contributed by atoms with Crippen molar-refractivity contribution in [2.24, 2.45) is 0 Å². The van der Waals surface area contributed by atoms with E-state index >= 15 is 0 Å². The van der Waals surface area contributed by atoms with E-state index in [0.29, 0.717) is 17.0 Å². The van der Waals surface area contributed by atoms with E-state index in [-0.39, 0.29) is 25.9 Å². The van der Waals surface area contributed by atoms with Gasteiger partial charge in [0.25, 0.3) is 0 Å². The number of nitrogens with zero attached hydrogens (tertiary/aromatic N) is 4. The average molecular weight is 284 g/mol. The first-order chi connectivity index (χ1) is 9.65. The van der Waals surface area contributed by atoms with E-state index in [9.17, 15) is 5.11 Å². The van der Waals surface area contributed by atoms with Crippen LogP contribution in [0.25, 0.3) is 11.2 Å². The van der Waals surface area contributed by atoms with Crippen molar-refractivity contribution in [1.29, 1.82) is 0 Å². The number of rotatable bonds is 7. The summed E-state index contributed by atoms with van der Waals surface area (Å²) >= 11 is 0. The highest BCUT2D eigenvalue weighted by atomic mass is 16.6. The molecular weight excluding hydrogens is 268 g/mol. The zero-order chi connectivity index (χ0) is 14.5. The Balaban J connectivity index is 2.18. The van der Waals surface area contributed by atoms with Crippen molar-refractivity contribution in [2.75, 3.05) is 31.5 Å². The second-order valence-electron chi connectivity index (χ2n) is 3.96. The largest absolute Gasteiger partial charge is 0.394 e. The summed E-state index contributed by atoms with van der Waals surface area (Å²) in [5, 5.41) is 17.9. The first-order valence-corrected chi connectivity index (χ1v) is 5.79. The minimum atomic E-state index is -0.921. The van der Waals surface area contributed by atoms with Crippen LogP contribution in [0.1, 0.15) is 0 Å². The van der Waals surface area contributed by atoms with Crippen LogP contribution in [0.15, 0.2) is 6.33 Å². The smallest absolute Gasteiger partial charge is 0.224 e. The van der Waals surface area contributed by atoms with Crippen LogP contribution in [-0.4, -0.2) is 56.2 Å². The number of hydrogen-bond acceptors (Lipinski definition) is 9. The summed E-state index contributed by atoms with van der Waals surface area (Å²) in [4.78, 5) is 17.0. The first-order valence-electron chi connectivity index (χ1n) is 5.79. The molecular formula is C10H16N6O4. The Morgan fingerprint density at radius 3 is 3.00 bits per heavy atom. The lowest BCUT2D eigenvalue weighted by atomic mass is 10.4. The lowest BCUT2D eigenvalue weighted by Gasteiger charge is -2.09. The van der Waals surface area contributed by atoms with Crippen LogP contribution in [0.5, 0.6) is 0 Å². The second-order valence-corrected chi connectivity index (χ2v) is 3.96. The summed E-state index contributed by atoms with van der Waals surface area (Å²) in [5.74, 6) is 0.415. The van der Waals surface area contributed by atoms with Gasteiger partial charge in [-0.3, -0.25) is 9.40 Å². The van der Waals surface area contributed by atoms with Gasteiger partial charge in [0.15, 0.2) is 17.0 Å². The molecule has 2 aromatic rings. The predicted molar refractivity (Wildman–Crippen MR) is 69.4 cm³/mol. The van der Waals surface area contributed by atoms with Crippen LogP contribution in [0.3, 0.4) is 0 Å². The lowest BCUT2D eigenvalue weighted by molar-refractivity contribution is -0.0163. The van der Waals surface area contributed by atoms with E-state index in [1.54, 1.807) is 4.57 Å². The molecule has 2 aromatic heterocycles. The number of ether oxygens (including phenoxy) is 1. The molecule has 0 saturated heterocycles. The summed E-state index contributed by atoms with van der Waals surface area (Å²) in [7, 11) is 1.44. The maximum atomic E-state index is 9.19. The molecule has 2 heterocycles. The number of nitrogen functional groups attached to an aromatic ring is 1. The highest BCUT2D eigenvalue weighted by Gasteiger charge is 2.12. The van der Waals surface area contributed by atoms with Crippen molar-refractivity contribution in [1.82, 2.24) is 19.5 Å². The molecule has 10 nitrogen and oxygen atoms in total. The molecule has 10 heteroatoms. The van der Waals surface area contributed by atoms with Gasteiger partial charge in [0.1, 0.15) is 12.8 Å². The Morgan fingerprint density at radius 2 is 2.30 bits per heavy atom. The van der Waals surface area contributed by atoms with Crippen LogP contribution < -0.4 is 11.2 Å². The van der Waals surface area contributed by atoms with Gasteiger partial charge in [-0.2, -0.15) is 9.97 Å². The standard InChI is InChI=1S/C10H16N6O4/c1-19-15-8-7-9(14-10(11)13-8)16(4-12-7)5-20-3-6(18)2-17/h4,6,17-18H,2-3,5H2,1H3,(H3,11,13,14,15). The van der Waals surface area contributed by atoms with Gasteiger partial charge in [0, 0.05) is 0 Å². The van der Waals surface area contributed by atoms with E-state index in [0.717, 1.165) is 0 Å². The number of fused-ring (bicyclic) bond motifs is 1. The lowest BCUT2D eigenvalue weighted by Crippen LogP contribution is -2.20. The third kappa shape index (κ3) is 3.11. The van der Waals surface area contributed by atoms with E-state index in [4.69, 9.17) is 20.4 Å². The third-order valence-corrected chi connectivity index (χ3v) is 2.43. The zero-order valence-electron chi connectivity index (χ0n) is 10.9. The van der Waals surface area contributed by atoms with Gasteiger partial charge in [-0.15, -0.1) is 0 Å². The molecule has 20 heavy (non-hydrogen) atoms. The topological polar surface area (TPSA) is 141 Å². The van der Waals surface area contributed by atoms with E-state index in [1.165, 1.54) is 13.4 Å². The van der Waals surface area contributed by atoms with Crippen LogP contribution in [0, 0.1) is 0 Å². The monoisotopic (exact) mass is 284 g/mol. The molecule has 0 saturated carbocycles. The van der Waals surface area contributed by atoms with E-state index in [1.807, 2.05) is 0 Å². The first kappa shape index (κ1) is 14.4. The highest BCUT2D eigenvalue weighted by molar-refractivity contribution is 5.83. The number of aliphatic hydroxyl groups is 2. The second kappa shape index (κ2) is 6.43. The Hall–Kier alpha value is -2.01. The number of hydrogen-bond donors (Lipinski definition) is 4. The fourth-order valence-corrected chi connectivity index (χ4v) is 1.56. The summed E-state index contributed by atoms with van der Waals surface area (Å²) in [5.41, 5.74) is 9.12. The Bertz CT molecular complexity index is 574. The highest BCUT2D eigenvalue weighted by Crippen LogP contribution is 2.19. The van der Waals surface area contributed by atoms with Crippen molar-refractivity contribution in [3.63, 3.8) is 0 Å². The van der Waals surface area contributed by atoms with Crippen molar-refractivity contribution < 1.29 is 19.8 Å². The van der Waals surface area contributed by atoms with Gasteiger partial charge in [-0.25, -0.2) is 10.5 Å². The van der Waals surface area contributed by atoms with Crippen molar-refractivity contribution >= 4 is 22.9 Å². The van der Waals surface area contributed by atoms with Gasteiger partial charge >= 0.3 is 0 Å². The number of imidazole rings is 1. The molecule has 0 fully saturated rings. The van der Waals surface area contributed by atoms with E-state index in [2.05, 4.69) is 20.4 Å². The quantitative estimate of drug-likeness (QED) is 0.457. The molecule has 5 N–H and O–H groups in total. The maximum Gasteiger partial charge on any atom is 0.224 e. The predicted octanol–water partition coefficient (Wildman–Crippen LogP) is -1.29. The molecule has 0 radical (unpaired) electrons. The van der Waals surface area contributed by atoms with Crippen LogP contribution in [0.2, 0.25) is 0 Å². The number of anilines is 2. The Kier molecular flexibility index (Phi) is 4.63. The molecule has 0 spiro atoms. The zero-order valence-corrected chi connectivity index (χ0v) is 10.9. The van der Waals surface area contributed by atoms with Gasteiger partial charge in [-0.05, 0) is 0 Å². The minimum Gasteiger partial charge on any atom is -0.394 e. The number of aromatic nitrogens is 4. The molecule has 1 atom stereocenters. The Morgan fingerprint density at radius 1 is 1.50 bits per heavy atom. The fraction of sp³-hybridized carbons (Fsp3) is 0.500. The average Bonchev–Trinajstić information content (AvgIpc) is 2.82. The molecule has 1 unspecified atom stereocenters. The minimum absolute atomic E-state index is 0.0000820. The summed E-state index contributed by atoms with van der Waals surface area (Å²) in [6.07, 6.45) is 0.584.